The van der Waals surface area contributed by atoms with Crippen molar-refractivity contribution in [2.75, 3.05) is 6.54 Å². The number of phenolic OH excluding ortho intramolecular Hbond substituents is 1. The van der Waals surface area contributed by atoms with Gasteiger partial charge in [-0.2, -0.15) is 0 Å². The smallest absolute Gasteiger partial charge is 0.254 e. The number of carbonyl (C=O) groups is 1. The number of carbonyl (C=O) groups excluding carboxylic acids is 1. The molecule has 28 heavy (non-hydrogen) atoms. The Morgan fingerprint density at radius 3 is 2.89 bits per heavy atom. The maximum atomic E-state index is 13.5. The van der Waals surface area contributed by atoms with E-state index in [0.29, 0.717) is 17.7 Å². The first-order valence-corrected chi connectivity index (χ1v) is 9.88. The fourth-order valence-corrected chi connectivity index (χ4v) is 5.40. The van der Waals surface area contributed by atoms with Gasteiger partial charge in [0, 0.05) is 23.6 Å². The van der Waals surface area contributed by atoms with Crippen LogP contribution < -0.4 is 0 Å². The van der Waals surface area contributed by atoms with Gasteiger partial charge in [0.1, 0.15) is 5.75 Å². The number of aromatic amines is 1. The van der Waals surface area contributed by atoms with Crippen LogP contribution in [0.25, 0.3) is 11.0 Å². The fraction of sp³-hybridized carbons (Fsp3) is 0.391. The second-order valence-electron chi connectivity index (χ2n) is 8.96. The molecule has 1 aliphatic carbocycles. The molecule has 1 amide bonds. The minimum absolute atomic E-state index is 0.0389. The van der Waals surface area contributed by atoms with Crippen LogP contribution >= 0.6 is 0 Å². The van der Waals surface area contributed by atoms with E-state index in [1.807, 2.05) is 29.2 Å². The molecule has 5 nitrogen and oxygen atoms in total. The Hall–Kier alpha value is -2.82. The number of nitrogens with zero attached hydrogens (tertiary/aromatic N) is 2. The summed E-state index contributed by atoms with van der Waals surface area (Å²) >= 11 is 0. The summed E-state index contributed by atoms with van der Waals surface area (Å²) in [6, 6.07) is 11.5. The molecule has 2 aromatic carbocycles. The number of likely N-dealkylation sites (tertiary alicyclic amines) is 1. The van der Waals surface area contributed by atoms with Crippen molar-refractivity contribution in [2.45, 2.75) is 45.1 Å². The highest BCUT2D eigenvalue weighted by Gasteiger charge is 2.57. The zero-order valence-corrected chi connectivity index (χ0v) is 16.5. The van der Waals surface area contributed by atoms with Gasteiger partial charge in [0.15, 0.2) is 0 Å². The molecule has 144 valence electrons. The lowest BCUT2D eigenvalue weighted by Crippen LogP contribution is -2.64. The van der Waals surface area contributed by atoms with E-state index in [1.165, 1.54) is 5.56 Å². The summed E-state index contributed by atoms with van der Waals surface area (Å²) in [7, 11) is 0. The van der Waals surface area contributed by atoms with Crippen molar-refractivity contribution in [1.82, 2.24) is 14.9 Å². The molecule has 2 aliphatic rings. The second-order valence-corrected chi connectivity index (χ2v) is 8.96. The molecule has 2 atom stereocenters. The van der Waals surface area contributed by atoms with Crippen LogP contribution in [0.2, 0.25) is 0 Å². The van der Waals surface area contributed by atoms with Gasteiger partial charge in [-0.05, 0) is 53.6 Å². The number of aromatic nitrogens is 2. The van der Waals surface area contributed by atoms with Crippen LogP contribution in [0.3, 0.4) is 0 Å². The van der Waals surface area contributed by atoms with Gasteiger partial charge in [-0.3, -0.25) is 4.79 Å². The predicted molar refractivity (Wildman–Crippen MR) is 108 cm³/mol. The fourth-order valence-electron chi connectivity index (χ4n) is 5.40. The number of piperidine rings is 1. The summed E-state index contributed by atoms with van der Waals surface area (Å²) in [4.78, 5) is 22.8. The Labute approximate surface area is 164 Å². The van der Waals surface area contributed by atoms with E-state index in [2.05, 4.69) is 36.8 Å². The summed E-state index contributed by atoms with van der Waals surface area (Å²) < 4.78 is 0. The lowest BCUT2D eigenvalue weighted by molar-refractivity contribution is -0.0266. The van der Waals surface area contributed by atoms with Crippen LogP contribution in [-0.4, -0.2) is 38.5 Å². The number of aromatic hydroxyl groups is 1. The van der Waals surface area contributed by atoms with Crippen LogP contribution in [0.1, 0.15) is 48.7 Å². The molecule has 0 spiro atoms. The van der Waals surface area contributed by atoms with E-state index in [1.54, 1.807) is 12.4 Å². The van der Waals surface area contributed by atoms with E-state index in [-0.39, 0.29) is 22.8 Å². The molecule has 3 aromatic rings. The van der Waals surface area contributed by atoms with Crippen LogP contribution in [0.15, 0.2) is 42.7 Å². The molecule has 2 N–H and O–H groups in total. The summed E-state index contributed by atoms with van der Waals surface area (Å²) in [5.41, 5.74) is 4.47. The minimum Gasteiger partial charge on any atom is -0.508 e. The summed E-state index contributed by atoms with van der Waals surface area (Å²) in [5.74, 6) is 0.396. The lowest BCUT2D eigenvalue weighted by atomic mass is 9.51. The Balaban J connectivity index is 1.58. The summed E-state index contributed by atoms with van der Waals surface area (Å²) in [6.45, 7) is 7.54. The largest absolute Gasteiger partial charge is 0.508 e. The second kappa shape index (κ2) is 5.60. The van der Waals surface area contributed by atoms with Crippen LogP contribution in [0.4, 0.5) is 0 Å². The topological polar surface area (TPSA) is 69.2 Å². The van der Waals surface area contributed by atoms with Crippen LogP contribution in [-0.2, 0) is 11.8 Å². The summed E-state index contributed by atoms with van der Waals surface area (Å²) in [6.07, 6.45) is 3.21. The standard InChI is InChI=1S/C23H25N3O2/c1-22(2)20-12-15-16(5-4-6-19(15)27)23(22,3)9-10-26(20)21(28)14-7-8-17-18(11-14)25-13-24-17/h4-8,11,13,20,27H,9-10,12H2,1-3H3,(H,24,25)/t20-,23+/m1/s1. The number of rotatable bonds is 1. The van der Waals surface area contributed by atoms with Crippen molar-refractivity contribution in [3.05, 3.63) is 59.4 Å². The third-order valence-corrected chi connectivity index (χ3v) is 7.56. The first-order chi connectivity index (χ1) is 13.3. The zero-order valence-electron chi connectivity index (χ0n) is 16.5. The normalized spacial score (nSPS) is 25.5. The van der Waals surface area contributed by atoms with E-state index in [4.69, 9.17) is 0 Å². The van der Waals surface area contributed by atoms with E-state index >= 15 is 0 Å². The molecule has 2 bridgehead atoms. The SMILES string of the molecule is CC1(C)[C@H]2Cc3c(O)cccc3[C@]1(C)CCN2C(=O)c1ccc2nc[nH]c2c1. The average molecular weight is 375 g/mol. The third kappa shape index (κ3) is 2.13. The van der Waals surface area contributed by atoms with Gasteiger partial charge in [0.2, 0.25) is 0 Å². The van der Waals surface area contributed by atoms with Gasteiger partial charge < -0.3 is 15.0 Å². The molecule has 0 unspecified atom stereocenters. The van der Waals surface area contributed by atoms with Gasteiger partial charge in [0.25, 0.3) is 5.91 Å². The van der Waals surface area contributed by atoms with Crippen molar-refractivity contribution in [1.29, 1.82) is 0 Å². The average Bonchev–Trinajstić information content (AvgIpc) is 3.12. The van der Waals surface area contributed by atoms with Gasteiger partial charge in [-0.25, -0.2) is 4.98 Å². The van der Waals surface area contributed by atoms with Crippen molar-refractivity contribution in [2.24, 2.45) is 5.41 Å². The molecule has 0 radical (unpaired) electrons. The number of hydrogen-bond acceptors (Lipinski definition) is 3. The highest BCUT2D eigenvalue weighted by atomic mass is 16.3. The third-order valence-electron chi connectivity index (χ3n) is 7.56. The predicted octanol–water partition coefficient (Wildman–Crippen LogP) is 4.02. The number of H-pyrrole nitrogens is 1. The molecule has 0 saturated carbocycles. The molecule has 5 rings (SSSR count). The molecule has 2 heterocycles. The quantitative estimate of drug-likeness (QED) is 0.675. The Morgan fingerprint density at radius 1 is 1.25 bits per heavy atom. The molecule has 1 aromatic heterocycles. The van der Waals surface area contributed by atoms with Crippen LogP contribution in [0, 0.1) is 5.41 Å². The number of imidazole rings is 1. The van der Waals surface area contributed by atoms with Crippen molar-refractivity contribution < 1.29 is 9.90 Å². The number of fused-ring (bicyclic) bond motifs is 5. The molecule has 5 heteroatoms. The van der Waals surface area contributed by atoms with Crippen LogP contribution in [0.5, 0.6) is 5.75 Å². The Morgan fingerprint density at radius 2 is 2.07 bits per heavy atom. The van der Waals surface area contributed by atoms with Crippen molar-refractivity contribution in [3.63, 3.8) is 0 Å². The monoisotopic (exact) mass is 375 g/mol. The number of amides is 1. The molecular formula is C23H25N3O2. The molecule has 1 saturated heterocycles. The number of phenols is 1. The van der Waals surface area contributed by atoms with Gasteiger partial charge in [-0.15, -0.1) is 0 Å². The zero-order chi connectivity index (χ0) is 19.7. The Bertz CT molecular complexity index is 1100. The maximum absolute atomic E-state index is 13.5. The summed E-state index contributed by atoms with van der Waals surface area (Å²) in [5, 5.41) is 10.5. The molecular weight excluding hydrogens is 350 g/mol. The van der Waals surface area contributed by atoms with E-state index < -0.39 is 0 Å². The van der Waals surface area contributed by atoms with Gasteiger partial charge >= 0.3 is 0 Å². The number of benzene rings is 2. The maximum Gasteiger partial charge on any atom is 0.254 e. The lowest BCUT2D eigenvalue weighted by Gasteiger charge is -2.60. The first kappa shape index (κ1) is 17.3. The Kier molecular flexibility index (Phi) is 3.46. The number of hydrogen-bond donors (Lipinski definition) is 2. The van der Waals surface area contributed by atoms with E-state index in [9.17, 15) is 9.90 Å². The van der Waals surface area contributed by atoms with Gasteiger partial charge in [-0.1, -0.05) is 32.9 Å². The van der Waals surface area contributed by atoms with Crippen molar-refractivity contribution >= 4 is 16.9 Å². The minimum atomic E-state index is -0.0974. The van der Waals surface area contributed by atoms with Gasteiger partial charge in [0.05, 0.1) is 17.4 Å². The van der Waals surface area contributed by atoms with Crippen molar-refractivity contribution in [3.8, 4) is 5.75 Å². The first-order valence-electron chi connectivity index (χ1n) is 9.88. The molecule has 1 aliphatic heterocycles. The van der Waals surface area contributed by atoms with E-state index in [0.717, 1.165) is 29.6 Å². The highest BCUT2D eigenvalue weighted by molar-refractivity contribution is 5.97. The molecule has 1 fully saturated rings. The number of nitrogens with one attached hydrogen (secondary N) is 1. The highest BCUT2D eigenvalue weighted by Crippen LogP contribution is 2.57.